The lowest BCUT2D eigenvalue weighted by Gasteiger charge is -2.31. The minimum Gasteiger partial charge on any atom is -0.452 e. The van der Waals surface area contributed by atoms with E-state index in [9.17, 15) is 10.1 Å². The van der Waals surface area contributed by atoms with Crippen LogP contribution in [0, 0.1) is 10.1 Å². The van der Waals surface area contributed by atoms with Crippen molar-refractivity contribution >= 4 is 17.4 Å². The molecule has 2 heterocycles. The standard InChI is InChI=1S/C23H17ClN4O3/c24-21-19(31-18-11-12-20(27-15-18)28(29)30)13-14-26-22(21)23(25,16-7-3-1-4-8-16)17-9-5-2-6-10-17/h1-15H,25H2. The number of nitrogens with zero attached hydrogens (tertiary/aromatic N) is 3. The number of pyridine rings is 2. The molecule has 2 N–H and O–H groups in total. The first kappa shape index (κ1) is 20.5. The van der Waals surface area contributed by atoms with Crippen molar-refractivity contribution in [2.75, 3.05) is 0 Å². The second-order valence-electron chi connectivity index (χ2n) is 6.72. The van der Waals surface area contributed by atoms with Crippen LogP contribution in [0.1, 0.15) is 16.8 Å². The molecule has 0 radical (unpaired) electrons. The van der Waals surface area contributed by atoms with Gasteiger partial charge in [-0.15, -0.1) is 0 Å². The predicted octanol–water partition coefficient (Wildman–Crippen LogP) is 5.08. The van der Waals surface area contributed by atoms with Crippen LogP contribution in [0.5, 0.6) is 11.5 Å². The third kappa shape index (κ3) is 3.96. The van der Waals surface area contributed by atoms with Crippen molar-refractivity contribution in [3.63, 3.8) is 0 Å². The largest absolute Gasteiger partial charge is 0.452 e. The molecule has 0 unspecified atom stereocenters. The van der Waals surface area contributed by atoms with Crippen LogP contribution >= 0.6 is 11.6 Å². The summed E-state index contributed by atoms with van der Waals surface area (Å²) in [5, 5.41) is 11.0. The van der Waals surface area contributed by atoms with Gasteiger partial charge in [0.15, 0.2) is 11.9 Å². The van der Waals surface area contributed by atoms with Gasteiger partial charge in [-0.25, -0.2) is 0 Å². The van der Waals surface area contributed by atoms with Crippen LogP contribution in [-0.2, 0) is 5.54 Å². The molecular formula is C23H17ClN4O3. The van der Waals surface area contributed by atoms with E-state index in [0.29, 0.717) is 17.2 Å². The number of rotatable bonds is 6. The normalized spacial score (nSPS) is 11.2. The van der Waals surface area contributed by atoms with Gasteiger partial charge in [-0.05, 0) is 27.1 Å². The number of nitro groups is 1. The van der Waals surface area contributed by atoms with Crippen LogP contribution in [0.25, 0.3) is 0 Å². The topological polar surface area (TPSA) is 104 Å². The molecule has 0 bridgehead atoms. The minimum atomic E-state index is -1.13. The molecule has 4 rings (SSSR count). The first-order chi connectivity index (χ1) is 15.0. The molecule has 2 aromatic heterocycles. The lowest BCUT2D eigenvalue weighted by molar-refractivity contribution is -0.389. The highest BCUT2D eigenvalue weighted by molar-refractivity contribution is 6.32. The predicted molar refractivity (Wildman–Crippen MR) is 117 cm³/mol. The third-order valence-corrected chi connectivity index (χ3v) is 5.19. The van der Waals surface area contributed by atoms with Gasteiger partial charge in [0, 0.05) is 18.3 Å². The maximum atomic E-state index is 10.8. The van der Waals surface area contributed by atoms with Gasteiger partial charge in [-0.1, -0.05) is 72.3 Å². The Morgan fingerprint density at radius 3 is 2.03 bits per heavy atom. The molecule has 2 aromatic carbocycles. The zero-order valence-electron chi connectivity index (χ0n) is 16.2. The van der Waals surface area contributed by atoms with Crippen molar-refractivity contribution < 1.29 is 9.66 Å². The summed E-state index contributed by atoms with van der Waals surface area (Å²) in [6.07, 6.45) is 2.82. The molecule has 0 aliphatic heterocycles. The molecule has 7 nitrogen and oxygen atoms in total. The maximum Gasteiger partial charge on any atom is 0.363 e. The van der Waals surface area contributed by atoms with E-state index >= 15 is 0 Å². The van der Waals surface area contributed by atoms with Crippen molar-refractivity contribution in [1.82, 2.24) is 9.97 Å². The van der Waals surface area contributed by atoms with Crippen LogP contribution in [0.3, 0.4) is 0 Å². The highest BCUT2D eigenvalue weighted by atomic mass is 35.5. The van der Waals surface area contributed by atoms with Gasteiger partial charge in [-0.2, -0.15) is 0 Å². The molecule has 154 valence electrons. The number of halogens is 1. The Bertz CT molecular complexity index is 1160. The molecule has 0 saturated heterocycles. The van der Waals surface area contributed by atoms with Crippen LogP contribution in [-0.4, -0.2) is 14.9 Å². The minimum absolute atomic E-state index is 0.232. The molecule has 0 aliphatic carbocycles. The van der Waals surface area contributed by atoms with E-state index in [1.165, 1.54) is 18.3 Å². The monoisotopic (exact) mass is 432 g/mol. The Hall–Kier alpha value is -3.81. The molecule has 31 heavy (non-hydrogen) atoms. The van der Waals surface area contributed by atoms with Gasteiger partial charge in [0.05, 0.1) is 5.69 Å². The highest BCUT2D eigenvalue weighted by Gasteiger charge is 2.36. The Morgan fingerprint density at radius 1 is 0.903 bits per heavy atom. The number of benzene rings is 2. The van der Waals surface area contributed by atoms with Gasteiger partial charge < -0.3 is 20.6 Å². The summed E-state index contributed by atoms with van der Waals surface area (Å²) < 4.78 is 5.84. The smallest absolute Gasteiger partial charge is 0.363 e. The van der Waals surface area contributed by atoms with E-state index in [0.717, 1.165) is 11.1 Å². The van der Waals surface area contributed by atoms with Gasteiger partial charge in [0.1, 0.15) is 16.3 Å². The molecule has 0 atom stereocenters. The number of nitrogens with two attached hydrogens (primary N) is 1. The fourth-order valence-corrected chi connectivity index (χ4v) is 3.59. The van der Waals surface area contributed by atoms with Crippen molar-refractivity contribution in [3.8, 4) is 11.5 Å². The molecule has 0 aliphatic rings. The quantitative estimate of drug-likeness (QED) is 0.336. The fourth-order valence-electron chi connectivity index (χ4n) is 3.29. The SMILES string of the molecule is NC(c1ccccc1)(c1ccccc1)c1nccc(Oc2ccc([N+](=O)[O-])nc2)c1Cl. The summed E-state index contributed by atoms with van der Waals surface area (Å²) in [6.45, 7) is 0. The molecule has 0 saturated carbocycles. The first-order valence-electron chi connectivity index (χ1n) is 9.33. The lowest BCUT2D eigenvalue weighted by Crippen LogP contribution is -2.40. The second-order valence-corrected chi connectivity index (χ2v) is 7.10. The van der Waals surface area contributed by atoms with E-state index in [4.69, 9.17) is 22.1 Å². The Kier molecular flexibility index (Phi) is 5.62. The molecule has 0 fully saturated rings. The van der Waals surface area contributed by atoms with E-state index < -0.39 is 10.5 Å². The summed E-state index contributed by atoms with van der Waals surface area (Å²) in [7, 11) is 0. The molecule has 0 amide bonds. The van der Waals surface area contributed by atoms with Crippen molar-refractivity contribution in [1.29, 1.82) is 0 Å². The number of hydrogen-bond acceptors (Lipinski definition) is 6. The number of hydrogen-bond donors (Lipinski definition) is 1. The lowest BCUT2D eigenvalue weighted by atomic mass is 9.80. The Labute approximate surface area is 183 Å². The van der Waals surface area contributed by atoms with Crippen LogP contribution in [0.4, 0.5) is 5.82 Å². The van der Waals surface area contributed by atoms with Crippen LogP contribution in [0.2, 0.25) is 5.02 Å². The Morgan fingerprint density at radius 2 is 1.52 bits per heavy atom. The maximum absolute atomic E-state index is 10.8. The summed E-state index contributed by atoms with van der Waals surface area (Å²) in [5.74, 6) is 0.332. The molecular weight excluding hydrogens is 416 g/mol. The summed E-state index contributed by atoms with van der Waals surface area (Å²) in [6, 6.07) is 23.4. The van der Waals surface area contributed by atoms with E-state index in [1.54, 1.807) is 12.3 Å². The zero-order chi connectivity index (χ0) is 21.8. The number of ether oxygens (including phenoxy) is 1. The van der Waals surface area contributed by atoms with Gasteiger partial charge in [-0.3, -0.25) is 4.98 Å². The average molecular weight is 433 g/mol. The zero-order valence-corrected chi connectivity index (χ0v) is 16.9. The summed E-state index contributed by atoms with van der Waals surface area (Å²) >= 11 is 6.73. The second kappa shape index (κ2) is 8.51. The van der Waals surface area contributed by atoms with Gasteiger partial charge in [0.25, 0.3) is 0 Å². The van der Waals surface area contributed by atoms with E-state index in [2.05, 4.69) is 9.97 Å². The van der Waals surface area contributed by atoms with E-state index in [-0.39, 0.29) is 10.8 Å². The van der Waals surface area contributed by atoms with Crippen LogP contribution < -0.4 is 10.5 Å². The average Bonchev–Trinajstić information content (AvgIpc) is 2.81. The van der Waals surface area contributed by atoms with Gasteiger partial charge >= 0.3 is 5.82 Å². The van der Waals surface area contributed by atoms with Crippen molar-refractivity contribution in [3.05, 3.63) is 123 Å². The van der Waals surface area contributed by atoms with Crippen LogP contribution in [0.15, 0.2) is 91.3 Å². The summed E-state index contributed by atoms with van der Waals surface area (Å²) in [4.78, 5) is 18.5. The Balaban J connectivity index is 1.80. The number of aromatic nitrogens is 2. The molecule has 0 spiro atoms. The summed E-state index contributed by atoms with van der Waals surface area (Å²) in [5.41, 5.74) is 7.89. The first-order valence-corrected chi connectivity index (χ1v) is 9.71. The van der Waals surface area contributed by atoms with Crippen molar-refractivity contribution in [2.24, 2.45) is 5.73 Å². The van der Waals surface area contributed by atoms with E-state index in [1.807, 2.05) is 60.7 Å². The highest BCUT2D eigenvalue weighted by Crippen LogP contribution is 2.41. The molecule has 8 heteroatoms. The molecule has 4 aromatic rings. The third-order valence-electron chi connectivity index (χ3n) is 4.82. The van der Waals surface area contributed by atoms with Crippen molar-refractivity contribution in [2.45, 2.75) is 5.54 Å². The fraction of sp³-hybridized carbons (Fsp3) is 0.0435. The van der Waals surface area contributed by atoms with Gasteiger partial charge in [0.2, 0.25) is 0 Å².